The smallest absolute Gasteiger partial charge is 0.258 e. The molecule has 1 amide bonds. The first-order valence-corrected chi connectivity index (χ1v) is 9.32. The number of ether oxygens (including phenoxy) is 2. The first-order chi connectivity index (χ1) is 13.2. The van der Waals surface area contributed by atoms with Gasteiger partial charge in [-0.15, -0.1) is 12.4 Å². The molecule has 2 aromatic rings. The molecule has 3 rings (SSSR count). The molecule has 1 saturated heterocycles. The molecule has 0 unspecified atom stereocenters. The van der Waals surface area contributed by atoms with E-state index in [0.717, 1.165) is 43.9 Å². The minimum atomic E-state index is -0.215. The molecule has 0 atom stereocenters. The number of benzene rings is 1. The van der Waals surface area contributed by atoms with Gasteiger partial charge in [0.15, 0.2) is 5.82 Å². The van der Waals surface area contributed by atoms with Gasteiger partial charge in [0.1, 0.15) is 5.75 Å². The second kappa shape index (κ2) is 11.0. The van der Waals surface area contributed by atoms with Crippen LogP contribution in [0.4, 0.5) is 5.95 Å². The molecule has 0 spiro atoms. The summed E-state index contributed by atoms with van der Waals surface area (Å²) in [6.07, 6.45) is 2.86. The number of hydrogen-bond acceptors (Lipinski definition) is 6. The van der Waals surface area contributed by atoms with Crippen LogP contribution >= 0.6 is 12.4 Å². The van der Waals surface area contributed by atoms with Crippen LogP contribution in [0.5, 0.6) is 5.75 Å². The molecule has 0 radical (unpaired) electrons. The van der Waals surface area contributed by atoms with Crippen molar-refractivity contribution in [1.82, 2.24) is 20.1 Å². The number of rotatable bonds is 8. The summed E-state index contributed by atoms with van der Waals surface area (Å²) in [7, 11) is 3.46. The molecule has 8 nitrogen and oxygen atoms in total. The highest BCUT2D eigenvalue weighted by Crippen LogP contribution is 2.23. The first kappa shape index (κ1) is 22.1. The Morgan fingerprint density at radius 3 is 2.64 bits per heavy atom. The van der Waals surface area contributed by atoms with Gasteiger partial charge in [-0.1, -0.05) is 0 Å². The molecular formula is C19H28ClN5O3. The van der Waals surface area contributed by atoms with Crippen molar-refractivity contribution in [3.63, 3.8) is 0 Å². The zero-order chi connectivity index (χ0) is 19.1. The van der Waals surface area contributed by atoms with Crippen molar-refractivity contribution in [2.75, 3.05) is 38.7 Å². The van der Waals surface area contributed by atoms with Gasteiger partial charge in [-0.05, 0) is 50.2 Å². The summed E-state index contributed by atoms with van der Waals surface area (Å²) in [4.78, 5) is 17.0. The number of aryl methyl sites for hydroxylation is 1. The maximum Gasteiger partial charge on any atom is 0.258 e. The second-order valence-electron chi connectivity index (χ2n) is 6.61. The van der Waals surface area contributed by atoms with Gasteiger partial charge in [-0.2, -0.15) is 10.1 Å². The van der Waals surface area contributed by atoms with E-state index in [1.807, 2.05) is 0 Å². The van der Waals surface area contributed by atoms with E-state index < -0.39 is 0 Å². The van der Waals surface area contributed by atoms with Gasteiger partial charge >= 0.3 is 0 Å². The standard InChI is InChI=1S/C19H27N5O3.ClH/c1-24-19(21-17(23-24)14-8-10-20-11-9-14)22-18(25)15-4-6-16(7-5-15)27-13-3-12-26-2;/h4-7,14,20H,3,8-13H2,1-2H3,(H,21,22,23,25);1H. The lowest BCUT2D eigenvalue weighted by Crippen LogP contribution is -2.27. The van der Waals surface area contributed by atoms with Crippen LogP contribution in [0.1, 0.15) is 41.4 Å². The molecule has 0 aliphatic carbocycles. The van der Waals surface area contributed by atoms with Crippen molar-refractivity contribution < 1.29 is 14.3 Å². The number of halogens is 1. The summed E-state index contributed by atoms with van der Waals surface area (Å²) in [6, 6.07) is 7.06. The van der Waals surface area contributed by atoms with Gasteiger partial charge in [0.05, 0.1) is 6.61 Å². The molecule has 1 aromatic carbocycles. The van der Waals surface area contributed by atoms with Crippen LogP contribution < -0.4 is 15.4 Å². The summed E-state index contributed by atoms with van der Waals surface area (Å²) >= 11 is 0. The molecule has 154 valence electrons. The molecule has 2 N–H and O–H groups in total. The van der Waals surface area contributed by atoms with Crippen molar-refractivity contribution in [2.24, 2.45) is 7.05 Å². The van der Waals surface area contributed by atoms with Crippen LogP contribution in [-0.4, -0.2) is 54.1 Å². The number of carbonyl (C=O) groups is 1. The molecule has 28 heavy (non-hydrogen) atoms. The Labute approximate surface area is 171 Å². The lowest BCUT2D eigenvalue weighted by molar-refractivity contribution is 0.102. The zero-order valence-electron chi connectivity index (χ0n) is 16.3. The van der Waals surface area contributed by atoms with Crippen LogP contribution in [0.2, 0.25) is 0 Å². The molecule has 1 aliphatic rings. The maximum absolute atomic E-state index is 12.5. The molecule has 0 bridgehead atoms. The fourth-order valence-corrected chi connectivity index (χ4v) is 3.04. The summed E-state index contributed by atoms with van der Waals surface area (Å²) < 4.78 is 12.2. The number of anilines is 1. The van der Waals surface area contributed by atoms with Gasteiger partial charge in [-0.25, -0.2) is 4.68 Å². The molecule has 0 saturated carbocycles. The number of carbonyl (C=O) groups excluding carboxylic acids is 1. The fourth-order valence-electron chi connectivity index (χ4n) is 3.04. The largest absolute Gasteiger partial charge is 0.494 e. The van der Waals surface area contributed by atoms with Gasteiger partial charge in [0, 0.05) is 38.7 Å². The van der Waals surface area contributed by atoms with Crippen LogP contribution in [0.15, 0.2) is 24.3 Å². The van der Waals surface area contributed by atoms with E-state index in [1.165, 1.54) is 0 Å². The van der Waals surface area contributed by atoms with Crippen molar-refractivity contribution in [3.8, 4) is 5.75 Å². The number of hydrogen-bond donors (Lipinski definition) is 2. The van der Waals surface area contributed by atoms with E-state index in [1.54, 1.807) is 43.1 Å². The van der Waals surface area contributed by atoms with E-state index in [-0.39, 0.29) is 18.3 Å². The van der Waals surface area contributed by atoms with Crippen LogP contribution in [0.25, 0.3) is 0 Å². The lowest BCUT2D eigenvalue weighted by Gasteiger charge is -2.19. The maximum atomic E-state index is 12.5. The Hall–Kier alpha value is -2.16. The average molecular weight is 410 g/mol. The fraction of sp³-hybridized carbons (Fsp3) is 0.526. The number of aromatic nitrogens is 3. The third-order valence-corrected chi connectivity index (χ3v) is 4.59. The Morgan fingerprint density at radius 1 is 1.25 bits per heavy atom. The summed E-state index contributed by atoms with van der Waals surface area (Å²) in [6.45, 7) is 3.20. The Bertz CT molecular complexity index is 745. The van der Waals surface area contributed by atoms with Crippen molar-refractivity contribution in [3.05, 3.63) is 35.7 Å². The van der Waals surface area contributed by atoms with Crippen molar-refractivity contribution >= 4 is 24.3 Å². The average Bonchev–Trinajstić information content (AvgIpc) is 3.07. The molecule has 1 aromatic heterocycles. The third kappa shape index (κ3) is 5.92. The number of methoxy groups -OCH3 is 1. The van der Waals surface area contributed by atoms with Gasteiger partial charge < -0.3 is 14.8 Å². The topological polar surface area (TPSA) is 90.3 Å². The molecule has 9 heteroatoms. The van der Waals surface area contributed by atoms with Crippen LogP contribution in [0.3, 0.4) is 0 Å². The zero-order valence-corrected chi connectivity index (χ0v) is 17.1. The second-order valence-corrected chi connectivity index (χ2v) is 6.61. The Morgan fingerprint density at radius 2 is 1.96 bits per heavy atom. The van der Waals surface area contributed by atoms with E-state index in [2.05, 4.69) is 20.7 Å². The number of piperidine rings is 1. The summed E-state index contributed by atoms with van der Waals surface area (Å²) in [5.41, 5.74) is 0.547. The van der Waals surface area contributed by atoms with E-state index in [9.17, 15) is 4.79 Å². The molecular weight excluding hydrogens is 382 g/mol. The van der Waals surface area contributed by atoms with Gasteiger partial charge in [0.25, 0.3) is 5.91 Å². The van der Waals surface area contributed by atoms with Crippen molar-refractivity contribution in [2.45, 2.75) is 25.2 Å². The first-order valence-electron chi connectivity index (χ1n) is 9.32. The third-order valence-electron chi connectivity index (χ3n) is 4.59. The van der Waals surface area contributed by atoms with E-state index in [4.69, 9.17) is 9.47 Å². The molecule has 2 heterocycles. The van der Waals surface area contributed by atoms with E-state index in [0.29, 0.717) is 30.6 Å². The van der Waals surface area contributed by atoms with Crippen molar-refractivity contribution in [1.29, 1.82) is 0 Å². The Kier molecular flexibility index (Phi) is 8.69. The monoisotopic (exact) mass is 409 g/mol. The summed E-state index contributed by atoms with van der Waals surface area (Å²) in [5.74, 6) is 2.13. The molecule has 1 aliphatic heterocycles. The SMILES string of the molecule is COCCCOc1ccc(C(=O)Nc2nc(C3CCNCC3)nn2C)cc1.Cl. The number of nitrogens with one attached hydrogen (secondary N) is 2. The minimum Gasteiger partial charge on any atom is -0.494 e. The Balaban J connectivity index is 0.00000280. The van der Waals surface area contributed by atoms with Crippen LogP contribution in [0, 0.1) is 0 Å². The minimum absolute atomic E-state index is 0. The lowest BCUT2D eigenvalue weighted by atomic mass is 9.98. The van der Waals surface area contributed by atoms with Gasteiger partial charge in [-0.3, -0.25) is 10.1 Å². The van der Waals surface area contributed by atoms with E-state index >= 15 is 0 Å². The molecule has 1 fully saturated rings. The van der Waals surface area contributed by atoms with Crippen LogP contribution in [-0.2, 0) is 11.8 Å². The summed E-state index contributed by atoms with van der Waals surface area (Å²) in [5, 5.41) is 10.7. The van der Waals surface area contributed by atoms with Gasteiger partial charge in [0.2, 0.25) is 5.95 Å². The highest BCUT2D eigenvalue weighted by atomic mass is 35.5. The highest BCUT2D eigenvalue weighted by molar-refractivity contribution is 6.03. The number of nitrogens with zero attached hydrogens (tertiary/aromatic N) is 3. The quantitative estimate of drug-likeness (QED) is 0.650. The normalized spacial score (nSPS) is 14.4. The number of amides is 1. The highest BCUT2D eigenvalue weighted by Gasteiger charge is 2.21. The predicted molar refractivity (Wildman–Crippen MR) is 109 cm³/mol. The predicted octanol–water partition coefficient (Wildman–Crippen LogP) is 2.37.